The van der Waals surface area contributed by atoms with Gasteiger partial charge in [0.1, 0.15) is 0 Å². The van der Waals surface area contributed by atoms with Gasteiger partial charge < -0.3 is 10.2 Å². The Labute approximate surface area is 175 Å². The minimum atomic E-state index is -0.242. The Kier molecular flexibility index (Phi) is 5.81. The summed E-state index contributed by atoms with van der Waals surface area (Å²) in [5, 5.41) is 5.29. The molecule has 1 N–H and O–H groups in total. The number of carbonyl (C=O) groups excluding carboxylic acids is 2. The quantitative estimate of drug-likeness (QED) is 0.601. The lowest BCUT2D eigenvalue weighted by molar-refractivity contribution is 0.0762. The standard InChI is InChI=1S/C24H23ClN2O2/c25-18-12-13-22(21(16-18)24(29)27-14-5-1-2-6-15-27)26-23(28)20-11-7-9-17-8-3-4-10-19(17)20/h3-4,7-13,16H,1-2,5-6,14-15H2,(H,26,28). The van der Waals surface area contributed by atoms with Crippen molar-refractivity contribution in [2.24, 2.45) is 0 Å². The molecule has 1 fully saturated rings. The summed E-state index contributed by atoms with van der Waals surface area (Å²) in [5.41, 5.74) is 1.50. The van der Waals surface area contributed by atoms with Crippen LogP contribution in [0, 0.1) is 0 Å². The number of nitrogens with one attached hydrogen (secondary N) is 1. The van der Waals surface area contributed by atoms with E-state index < -0.39 is 0 Å². The lowest BCUT2D eigenvalue weighted by Gasteiger charge is -2.22. The molecule has 1 heterocycles. The minimum Gasteiger partial charge on any atom is -0.339 e. The minimum absolute atomic E-state index is 0.0809. The molecule has 5 heteroatoms. The highest BCUT2D eigenvalue weighted by atomic mass is 35.5. The number of likely N-dealkylation sites (tertiary alicyclic amines) is 1. The number of hydrogen-bond acceptors (Lipinski definition) is 2. The number of halogens is 1. The molecule has 29 heavy (non-hydrogen) atoms. The molecule has 0 unspecified atom stereocenters. The molecule has 0 atom stereocenters. The van der Waals surface area contributed by atoms with Crippen LogP contribution < -0.4 is 5.32 Å². The molecule has 1 aliphatic rings. The van der Waals surface area contributed by atoms with Crippen molar-refractivity contribution in [1.82, 2.24) is 4.90 Å². The van der Waals surface area contributed by atoms with Gasteiger partial charge in [0.25, 0.3) is 11.8 Å². The van der Waals surface area contributed by atoms with Crippen LogP contribution in [-0.2, 0) is 0 Å². The van der Waals surface area contributed by atoms with Gasteiger partial charge >= 0.3 is 0 Å². The second-order valence-corrected chi connectivity index (χ2v) is 7.81. The molecule has 0 radical (unpaired) electrons. The average Bonchev–Trinajstić information content (AvgIpc) is 3.03. The van der Waals surface area contributed by atoms with Gasteiger partial charge in [-0.1, -0.05) is 60.8 Å². The number of amides is 2. The van der Waals surface area contributed by atoms with E-state index in [4.69, 9.17) is 11.6 Å². The first-order valence-corrected chi connectivity index (χ1v) is 10.4. The van der Waals surface area contributed by atoms with E-state index in [1.165, 1.54) is 0 Å². The third-order valence-corrected chi connectivity index (χ3v) is 5.62. The highest BCUT2D eigenvalue weighted by Crippen LogP contribution is 2.26. The van der Waals surface area contributed by atoms with Crippen LogP contribution in [0.4, 0.5) is 5.69 Å². The first kappa shape index (κ1) is 19.5. The van der Waals surface area contributed by atoms with Crippen molar-refractivity contribution in [3.05, 3.63) is 76.8 Å². The SMILES string of the molecule is O=C(Nc1ccc(Cl)cc1C(=O)N1CCCCCC1)c1cccc2ccccc12. The van der Waals surface area contributed by atoms with Gasteiger partial charge in [-0.3, -0.25) is 9.59 Å². The largest absolute Gasteiger partial charge is 0.339 e. The van der Waals surface area contributed by atoms with E-state index in [0.717, 1.165) is 49.5 Å². The smallest absolute Gasteiger partial charge is 0.256 e. The van der Waals surface area contributed by atoms with Gasteiger partial charge in [-0.15, -0.1) is 0 Å². The number of nitrogens with zero attached hydrogens (tertiary/aromatic N) is 1. The van der Waals surface area contributed by atoms with E-state index in [1.807, 2.05) is 41.3 Å². The highest BCUT2D eigenvalue weighted by molar-refractivity contribution is 6.31. The van der Waals surface area contributed by atoms with Crippen molar-refractivity contribution in [1.29, 1.82) is 0 Å². The van der Waals surface area contributed by atoms with Crippen molar-refractivity contribution in [3.63, 3.8) is 0 Å². The number of carbonyl (C=O) groups is 2. The summed E-state index contributed by atoms with van der Waals surface area (Å²) in [4.78, 5) is 28.1. The Balaban J connectivity index is 1.65. The molecule has 1 saturated heterocycles. The van der Waals surface area contributed by atoms with Gasteiger partial charge in [-0.2, -0.15) is 0 Å². The van der Waals surface area contributed by atoms with Crippen LogP contribution in [0.2, 0.25) is 5.02 Å². The fourth-order valence-corrected chi connectivity index (χ4v) is 4.03. The summed E-state index contributed by atoms with van der Waals surface area (Å²) in [5.74, 6) is -0.323. The maximum atomic E-state index is 13.2. The van der Waals surface area contributed by atoms with Crippen LogP contribution in [0.15, 0.2) is 60.7 Å². The van der Waals surface area contributed by atoms with Gasteiger partial charge in [0.2, 0.25) is 0 Å². The predicted octanol–water partition coefficient (Wildman–Crippen LogP) is 5.76. The Morgan fingerprint density at radius 3 is 2.34 bits per heavy atom. The van der Waals surface area contributed by atoms with Crippen LogP contribution in [0.25, 0.3) is 10.8 Å². The fraction of sp³-hybridized carbons (Fsp3) is 0.250. The van der Waals surface area contributed by atoms with Crippen LogP contribution in [0.5, 0.6) is 0 Å². The topological polar surface area (TPSA) is 49.4 Å². The third-order valence-electron chi connectivity index (χ3n) is 5.39. The summed E-state index contributed by atoms with van der Waals surface area (Å²) in [7, 11) is 0. The second kappa shape index (κ2) is 8.66. The Hall–Kier alpha value is -2.85. The van der Waals surface area contributed by atoms with Crippen molar-refractivity contribution < 1.29 is 9.59 Å². The molecule has 148 valence electrons. The van der Waals surface area contributed by atoms with E-state index in [1.54, 1.807) is 24.3 Å². The van der Waals surface area contributed by atoms with Gasteiger partial charge in [0.15, 0.2) is 0 Å². The van der Waals surface area contributed by atoms with E-state index in [2.05, 4.69) is 5.32 Å². The Morgan fingerprint density at radius 2 is 1.55 bits per heavy atom. The van der Waals surface area contributed by atoms with E-state index in [0.29, 0.717) is 21.8 Å². The molecule has 1 aliphatic heterocycles. The van der Waals surface area contributed by atoms with Gasteiger partial charge in [0, 0.05) is 23.7 Å². The Morgan fingerprint density at radius 1 is 0.828 bits per heavy atom. The molecule has 0 spiro atoms. The zero-order chi connectivity index (χ0) is 20.2. The predicted molar refractivity (Wildman–Crippen MR) is 118 cm³/mol. The zero-order valence-electron chi connectivity index (χ0n) is 16.2. The molecular formula is C24H23ClN2O2. The van der Waals surface area contributed by atoms with Crippen molar-refractivity contribution in [3.8, 4) is 0 Å². The monoisotopic (exact) mass is 406 g/mol. The Bertz CT molecular complexity index is 1050. The maximum absolute atomic E-state index is 13.2. The molecule has 0 bridgehead atoms. The lowest BCUT2D eigenvalue weighted by atomic mass is 10.0. The van der Waals surface area contributed by atoms with E-state index >= 15 is 0 Å². The summed E-state index contributed by atoms with van der Waals surface area (Å²) < 4.78 is 0. The first-order valence-electron chi connectivity index (χ1n) is 10.0. The average molecular weight is 407 g/mol. The summed E-state index contributed by atoms with van der Waals surface area (Å²) >= 11 is 6.18. The number of anilines is 1. The molecular weight excluding hydrogens is 384 g/mol. The number of hydrogen-bond donors (Lipinski definition) is 1. The number of rotatable bonds is 3. The maximum Gasteiger partial charge on any atom is 0.256 e. The molecule has 0 saturated carbocycles. The molecule has 0 aromatic heterocycles. The highest BCUT2D eigenvalue weighted by Gasteiger charge is 2.22. The molecule has 3 aromatic carbocycles. The molecule has 4 nitrogen and oxygen atoms in total. The van der Waals surface area contributed by atoms with Gasteiger partial charge in [0.05, 0.1) is 11.3 Å². The summed E-state index contributed by atoms with van der Waals surface area (Å²) in [6.45, 7) is 1.48. The van der Waals surface area contributed by atoms with E-state index in [-0.39, 0.29) is 11.8 Å². The van der Waals surface area contributed by atoms with Crippen LogP contribution in [0.3, 0.4) is 0 Å². The normalized spacial score (nSPS) is 14.4. The van der Waals surface area contributed by atoms with Crippen LogP contribution in [0.1, 0.15) is 46.4 Å². The van der Waals surface area contributed by atoms with Crippen LogP contribution >= 0.6 is 11.6 Å². The van der Waals surface area contributed by atoms with Crippen molar-refractivity contribution in [2.45, 2.75) is 25.7 Å². The van der Waals surface area contributed by atoms with Crippen LogP contribution in [-0.4, -0.2) is 29.8 Å². The fourth-order valence-electron chi connectivity index (χ4n) is 3.86. The molecule has 4 rings (SSSR count). The summed E-state index contributed by atoms with van der Waals surface area (Å²) in [6.07, 6.45) is 4.29. The number of benzene rings is 3. The van der Waals surface area contributed by atoms with Crippen molar-refractivity contribution >= 4 is 39.9 Å². The van der Waals surface area contributed by atoms with Gasteiger partial charge in [-0.05, 0) is 47.9 Å². The molecule has 3 aromatic rings. The van der Waals surface area contributed by atoms with E-state index in [9.17, 15) is 9.59 Å². The molecule has 0 aliphatic carbocycles. The molecule has 2 amide bonds. The second-order valence-electron chi connectivity index (χ2n) is 7.38. The summed E-state index contributed by atoms with van der Waals surface area (Å²) in [6, 6.07) is 18.4. The van der Waals surface area contributed by atoms with Crippen molar-refractivity contribution in [2.75, 3.05) is 18.4 Å². The third kappa shape index (κ3) is 4.28. The lowest BCUT2D eigenvalue weighted by Crippen LogP contribution is -2.32. The zero-order valence-corrected chi connectivity index (χ0v) is 16.9. The van der Waals surface area contributed by atoms with Gasteiger partial charge in [-0.25, -0.2) is 0 Å². The number of fused-ring (bicyclic) bond motifs is 1. The first-order chi connectivity index (χ1) is 14.1.